The average molecular weight is 341 g/mol. The van der Waals surface area contributed by atoms with Gasteiger partial charge in [-0.2, -0.15) is 5.10 Å². The highest BCUT2D eigenvalue weighted by molar-refractivity contribution is 6.34. The van der Waals surface area contributed by atoms with Crippen molar-refractivity contribution >= 4 is 29.2 Å². The molecule has 0 bridgehead atoms. The van der Waals surface area contributed by atoms with Gasteiger partial charge >= 0.3 is 6.03 Å². The van der Waals surface area contributed by atoms with E-state index in [2.05, 4.69) is 10.4 Å². The van der Waals surface area contributed by atoms with Gasteiger partial charge in [0.05, 0.1) is 12.7 Å². The molecule has 2 aromatic rings. The molecule has 2 rings (SSSR count). The molecule has 2 amide bonds. The lowest BCUT2D eigenvalue weighted by Crippen LogP contribution is -2.37. The monoisotopic (exact) mass is 340 g/mol. The zero-order chi connectivity index (χ0) is 16.1. The molecule has 7 heteroatoms. The maximum Gasteiger partial charge on any atom is 0.317 e. The van der Waals surface area contributed by atoms with E-state index in [0.717, 1.165) is 11.1 Å². The molecular weight excluding hydrogens is 323 g/mol. The van der Waals surface area contributed by atoms with Crippen molar-refractivity contribution in [2.24, 2.45) is 7.05 Å². The number of nitrogens with one attached hydrogen (secondary N) is 1. The summed E-state index contributed by atoms with van der Waals surface area (Å²) in [4.78, 5) is 13.6. The number of hydrogen-bond donors (Lipinski definition) is 1. The maximum atomic E-state index is 12.0. The molecule has 0 aliphatic heterocycles. The fourth-order valence-electron chi connectivity index (χ4n) is 2.10. The summed E-state index contributed by atoms with van der Waals surface area (Å²) < 4.78 is 1.71. The Hall–Kier alpha value is -1.72. The van der Waals surface area contributed by atoms with Crippen molar-refractivity contribution in [1.29, 1.82) is 0 Å². The number of urea groups is 1. The molecule has 1 aromatic carbocycles. The molecule has 5 nitrogen and oxygen atoms in total. The quantitative estimate of drug-likeness (QED) is 0.909. The van der Waals surface area contributed by atoms with Crippen molar-refractivity contribution in [2.45, 2.75) is 13.0 Å². The molecule has 1 N–H and O–H groups in total. The van der Waals surface area contributed by atoms with Crippen LogP contribution in [0, 0.1) is 0 Å². The molecule has 1 aromatic heterocycles. The number of halogens is 2. The predicted octanol–water partition coefficient (Wildman–Crippen LogP) is 3.11. The van der Waals surface area contributed by atoms with Crippen molar-refractivity contribution in [3.8, 4) is 0 Å². The summed E-state index contributed by atoms with van der Waals surface area (Å²) in [7, 11) is 3.60. The highest BCUT2D eigenvalue weighted by Crippen LogP contribution is 2.19. The molecule has 0 saturated carbocycles. The molecular formula is C15H18Cl2N4O. The van der Waals surface area contributed by atoms with Crippen LogP contribution in [-0.4, -0.2) is 34.3 Å². The summed E-state index contributed by atoms with van der Waals surface area (Å²) in [5.41, 5.74) is 1.98. The molecule has 0 radical (unpaired) electrons. The first-order chi connectivity index (χ1) is 10.4. The van der Waals surface area contributed by atoms with Gasteiger partial charge in [0.2, 0.25) is 0 Å². The third kappa shape index (κ3) is 4.93. The minimum absolute atomic E-state index is 0.128. The number of carbonyl (C=O) groups excluding carboxylic acids is 1. The number of amides is 2. The lowest BCUT2D eigenvalue weighted by Gasteiger charge is -2.17. The number of aromatic nitrogens is 2. The van der Waals surface area contributed by atoms with Crippen molar-refractivity contribution < 1.29 is 4.79 Å². The Kier molecular flexibility index (Phi) is 5.69. The summed E-state index contributed by atoms with van der Waals surface area (Å²) in [5, 5.41) is 8.15. The normalized spacial score (nSPS) is 10.5. The van der Waals surface area contributed by atoms with Crippen molar-refractivity contribution in [1.82, 2.24) is 20.0 Å². The second kappa shape index (κ2) is 7.51. The van der Waals surface area contributed by atoms with Crippen molar-refractivity contribution in [3.63, 3.8) is 0 Å². The highest BCUT2D eigenvalue weighted by Gasteiger charge is 2.09. The van der Waals surface area contributed by atoms with Gasteiger partial charge in [0, 0.05) is 42.4 Å². The standard InChI is InChI=1S/C15H18Cl2N4O/c1-20(9-12-8-19-21(2)10-12)15(22)18-4-3-11-5-13(16)7-14(17)6-11/h5-8,10H,3-4,9H2,1-2H3,(H,18,22). The Morgan fingerprint density at radius 1 is 1.27 bits per heavy atom. The summed E-state index contributed by atoms with van der Waals surface area (Å²) in [6.07, 6.45) is 4.31. The van der Waals surface area contributed by atoms with E-state index in [1.165, 1.54) is 0 Å². The van der Waals surface area contributed by atoms with Crippen LogP contribution >= 0.6 is 23.2 Å². The van der Waals surface area contributed by atoms with Crippen LogP contribution in [0.1, 0.15) is 11.1 Å². The molecule has 22 heavy (non-hydrogen) atoms. The van der Waals surface area contributed by atoms with E-state index in [-0.39, 0.29) is 6.03 Å². The molecule has 0 spiro atoms. The Balaban J connectivity index is 1.79. The molecule has 118 valence electrons. The van der Waals surface area contributed by atoms with Crippen LogP contribution in [0.4, 0.5) is 4.79 Å². The van der Waals surface area contributed by atoms with Gasteiger partial charge < -0.3 is 10.2 Å². The lowest BCUT2D eigenvalue weighted by atomic mass is 10.1. The van der Waals surface area contributed by atoms with Gasteiger partial charge in [-0.05, 0) is 30.2 Å². The summed E-state index contributed by atoms with van der Waals surface area (Å²) >= 11 is 11.9. The summed E-state index contributed by atoms with van der Waals surface area (Å²) in [5.74, 6) is 0. The fraction of sp³-hybridized carbons (Fsp3) is 0.333. The van der Waals surface area contributed by atoms with Gasteiger partial charge in [-0.1, -0.05) is 23.2 Å². The molecule has 0 unspecified atom stereocenters. The number of rotatable bonds is 5. The Morgan fingerprint density at radius 3 is 2.55 bits per heavy atom. The van der Waals surface area contributed by atoms with E-state index < -0.39 is 0 Å². The van der Waals surface area contributed by atoms with Crippen LogP contribution in [0.2, 0.25) is 10.0 Å². The van der Waals surface area contributed by atoms with E-state index in [1.807, 2.05) is 25.4 Å². The Bertz CT molecular complexity index is 636. The Labute approximate surface area is 139 Å². The third-order valence-electron chi connectivity index (χ3n) is 3.14. The second-order valence-electron chi connectivity index (χ2n) is 5.14. The second-order valence-corrected chi connectivity index (χ2v) is 6.01. The summed E-state index contributed by atoms with van der Waals surface area (Å²) in [6.45, 7) is 1.04. The lowest BCUT2D eigenvalue weighted by molar-refractivity contribution is 0.207. The SMILES string of the molecule is CN(Cc1cnn(C)c1)C(=O)NCCc1cc(Cl)cc(Cl)c1. The van der Waals surface area contributed by atoms with E-state index in [0.29, 0.717) is 29.6 Å². The average Bonchev–Trinajstić information content (AvgIpc) is 2.82. The minimum atomic E-state index is -0.128. The molecule has 0 fully saturated rings. The highest BCUT2D eigenvalue weighted by atomic mass is 35.5. The van der Waals surface area contributed by atoms with Crippen LogP contribution in [0.5, 0.6) is 0 Å². The molecule has 0 atom stereocenters. The first-order valence-electron chi connectivity index (χ1n) is 6.85. The first-order valence-corrected chi connectivity index (χ1v) is 7.61. The smallest absolute Gasteiger partial charge is 0.317 e. The van der Waals surface area contributed by atoms with Gasteiger partial charge in [0.25, 0.3) is 0 Å². The third-order valence-corrected chi connectivity index (χ3v) is 3.57. The number of carbonyl (C=O) groups is 1. The number of benzene rings is 1. The number of nitrogens with zero attached hydrogens (tertiary/aromatic N) is 3. The molecule has 0 aliphatic rings. The van der Waals surface area contributed by atoms with Crippen LogP contribution in [0.15, 0.2) is 30.6 Å². The molecule has 1 heterocycles. The van der Waals surface area contributed by atoms with Crippen molar-refractivity contribution in [2.75, 3.05) is 13.6 Å². The van der Waals surface area contributed by atoms with Crippen molar-refractivity contribution in [3.05, 3.63) is 51.8 Å². The molecule has 0 aliphatic carbocycles. The van der Waals surface area contributed by atoms with Crippen LogP contribution < -0.4 is 5.32 Å². The zero-order valence-corrected chi connectivity index (χ0v) is 14.0. The van der Waals surface area contributed by atoms with E-state index >= 15 is 0 Å². The van der Waals surface area contributed by atoms with Gasteiger partial charge in [-0.3, -0.25) is 4.68 Å². The fourth-order valence-corrected chi connectivity index (χ4v) is 2.67. The van der Waals surface area contributed by atoms with Gasteiger partial charge in [-0.15, -0.1) is 0 Å². The van der Waals surface area contributed by atoms with E-state index in [9.17, 15) is 4.79 Å². The molecule has 0 saturated heterocycles. The van der Waals surface area contributed by atoms with Crippen LogP contribution in [0.25, 0.3) is 0 Å². The van der Waals surface area contributed by atoms with Gasteiger partial charge in [0.15, 0.2) is 0 Å². The number of aryl methyl sites for hydroxylation is 1. The van der Waals surface area contributed by atoms with Crippen LogP contribution in [0.3, 0.4) is 0 Å². The summed E-state index contributed by atoms with van der Waals surface area (Å²) in [6, 6.07) is 5.25. The van der Waals surface area contributed by atoms with Gasteiger partial charge in [-0.25, -0.2) is 4.79 Å². The zero-order valence-electron chi connectivity index (χ0n) is 12.5. The maximum absolute atomic E-state index is 12.0. The van der Waals surface area contributed by atoms with Crippen LogP contribution in [-0.2, 0) is 20.0 Å². The topological polar surface area (TPSA) is 50.2 Å². The Morgan fingerprint density at radius 2 is 1.95 bits per heavy atom. The predicted molar refractivity (Wildman–Crippen MR) is 88.2 cm³/mol. The van der Waals surface area contributed by atoms with Gasteiger partial charge in [0.1, 0.15) is 0 Å². The van der Waals surface area contributed by atoms with E-state index in [1.54, 1.807) is 28.9 Å². The first kappa shape index (κ1) is 16.6. The number of hydrogen-bond acceptors (Lipinski definition) is 2. The largest absolute Gasteiger partial charge is 0.338 e. The minimum Gasteiger partial charge on any atom is -0.338 e. The van der Waals surface area contributed by atoms with E-state index in [4.69, 9.17) is 23.2 Å².